The molecular formula is C17H25F2NO2. The molecule has 124 valence electrons. The number of rotatable bonds is 6. The highest BCUT2D eigenvalue weighted by atomic mass is 19.1. The summed E-state index contributed by atoms with van der Waals surface area (Å²) in [4.78, 5) is 0. The van der Waals surface area contributed by atoms with E-state index < -0.39 is 11.6 Å². The first kappa shape index (κ1) is 17.2. The highest BCUT2D eigenvalue weighted by Gasteiger charge is 2.27. The van der Waals surface area contributed by atoms with Crippen LogP contribution in [0.4, 0.5) is 8.78 Å². The smallest absolute Gasteiger partial charge is 0.168 e. The molecule has 1 fully saturated rings. The summed E-state index contributed by atoms with van der Waals surface area (Å²) in [5.41, 5.74) is 0.526. The van der Waals surface area contributed by atoms with Crippen molar-refractivity contribution in [2.24, 2.45) is 0 Å². The van der Waals surface area contributed by atoms with Gasteiger partial charge in [0.25, 0.3) is 0 Å². The molecule has 22 heavy (non-hydrogen) atoms. The molecule has 1 aliphatic heterocycles. The van der Waals surface area contributed by atoms with E-state index in [0.29, 0.717) is 24.9 Å². The van der Waals surface area contributed by atoms with E-state index in [2.05, 4.69) is 5.32 Å². The fourth-order valence-corrected chi connectivity index (χ4v) is 2.88. The molecule has 0 amide bonds. The summed E-state index contributed by atoms with van der Waals surface area (Å²) in [6.45, 7) is 7.20. The first-order chi connectivity index (χ1) is 10.5. The average Bonchev–Trinajstić information content (AvgIpc) is 2.41. The lowest BCUT2D eigenvalue weighted by molar-refractivity contribution is -0.0729. The third-order valence-corrected chi connectivity index (χ3v) is 3.77. The van der Waals surface area contributed by atoms with Crippen LogP contribution >= 0.6 is 0 Å². The van der Waals surface area contributed by atoms with E-state index in [0.717, 1.165) is 19.0 Å². The molecule has 2 rings (SSSR count). The number of halogens is 2. The highest BCUT2D eigenvalue weighted by Crippen LogP contribution is 2.29. The number of benzene rings is 1. The van der Waals surface area contributed by atoms with E-state index in [9.17, 15) is 8.78 Å². The maximum atomic E-state index is 14.1. The standard InChI is InChI=1S/C17H25F2NO2/c1-4-5-20-10-13-8-14(18)9-16(19)17(13)22-15-6-11(2)21-12(3)7-15/h8-9,11-12,15,20H,4-7,10H2,1-3H3. The van der Waals surface area contributed by atoms with Crippen molar-refractivity contribution in [1.29, 1.82) is 0 Å². The summed E-state index contributed by atoms with van der Waals surface area (Å²) in [6, 6.07) is 2.22. The fraction of sp³-hybridized carbons (Fsp3) is 0.647. The molecule has 2 unspecified atom stereocenters. The van der Waals surface area contributed by atoms with Gasteiger partial charge in [-0.25, -0.2) is 8.78 Å². The monoisotopic (exact) mass is 313 g/mol. The lowest BCUT2D eigenvalue weighted by atomic mass is 10.0. The average molecular weight is 313 g/mol. The summed E-state index contributed by atoms with van der Waals surface area (Å²) in [5.74, 6) is -1.05. The fourth-order valence-electron chi connectivity index (χ4n) is 2.88. The lowest BCUT2D eigenvalue weighted by Crippen LogP contribution is -2.36. The Bertz CT molecular complexity index is 486. The van der Waals surface area contributed by atoms with Crippen LogP contribution in [0.1, 0.15) is 45.6 Å². The van der Waals surface area contributed by atoms with Gasteiger partial charge in [0.15, 0.2) is 11.6 Å². The van der Waals surface area contributed by atoms with E-state index in [1.165, 1.54) is 6.07 Å². The van der Waals surface area contributed by atoms with Gasteiger partial charge < -0.3 is 14.8 Å². The summed E-state index contributed by atoms with van der Waals surface area (Å²) < 4.78 is 39.2. The van der Waals surface area contributed by atoms with Gasteiger partial charge >= 0.3 is 0 Å². The first-order valence-corrected chi connectivity index (χ1v) is 8.00. The van der Waals surface area contributed by atoms with E-state index >= 15 is 0 Å². The largest absolute Gasteiger partial charge is 0.487 e. The minimum absolute atomic E-state index is 0.0823. The van der Waals surface area contributed by atoms with Crippen molar-refractivity contribution in [1.82, 2.24) is 5.32 Å². The predicted molar refractivity (Wildman–Crippen MR) is 82.0 cm³/mol. The Kier molecular flexibility index (Phi) is 6.15. The van der Waals surface area contributed by atoms with E-state index in [1.54, 1.807) is 0 Å². The molecule has 1 heterocycles. The lowest BCUT2D eigenvalue weighted by Gasteiger charge is -2.32. The topological polar surface area (TPSA) is 30.5 Å². The van der Waals surface area contributed by atoms with Crippen LogP contribution < -0.4 is 10.1 Å². The van der Waals surface area contributed by atoms with Crippen molar-refractivity contribution in [2.75, 3.05) is 6.54 Å². The second-order valence-electron chi connectivity index (χ2n) is 6.02. The molecule has 0 spiro atoms. The molecule has 1 aromatic carbocycles. The van der Waals surface area contributed by atoms with E-state index in [4.69, 9.17) is 9.47 Å². The molecule has 0 aromatic heterocycles. The highest BCUT2D eigenvalue weighted by molar-refractivity contribution is 5.36. The third kappa shape index (κ3) is 4.65. The van der Waals surface area contributed by atoms with Gasteiger partial charge in [0.05, 0.1) is 12.2 Å². The van der Waals surface area contributed by atoms with Crippen molar-refractivity contribution in [3.63, 3.8) is 0 Å². The van der Waals surface area contributed by atoms with Crippen LogP contribution in [0.25, 0.3) is 0 Å². The normalized spacial score (nSPS) is 25.2. The summed E-state index contributed by atoms with van der Waals surface area (Å²) in [5, 5.41) is 3.16. The van der Waals surface area contributed by atoms with Crippen molar-refractivity contribution >= 4 is 0 Å². The quantitative estimate of drug-likeness (QED) is 0.810. The van der Waals surface area contributed by atoms with Crippen molar-refractivity contribution in [3.8, 4) is 5.75 Å². The zero-order valence-electron chi connectivity index (χ0n) is 13.5. The molecule has 0 aliphatic carbocycles. The van der Waals surface area contributed by atoms with Crippen LogP contribution in [-0.2, 0) is 11.3 Å². The van der Waals surface area contributed by atoms with Crippen LogP contribution in [-0.4, -0.2) is 24.9 Å². The number of ether oxygens (including phenoxy) is 2. The van der Waals surface area contributed by atoms with Gasteiger partial charge in [-0.15, -0.1) is 0 Å². The first-order valence-electron chi connectivity index (χ1n) is 8.00. The van der Waals surface area contributed by atoms with Gasteiger partial charge in [-0.05, 0) is 32.9 Å². The summed E-state index contributed by atoms with van der Waals surface area (Å²) in [7, 11) is 0. The summed E-state index contributed by atoms with van der Waals surface area (Å²) >= 11 is 0. The van der Waals surface area contributed by atoms with Gasteiger partial charge in [-0.3, -0.25) is 0 Å². The SMILES string of the molecule is CCCNCc1cc(F)cc(F)c1OC1CC(C)OC(C)C1. The third-order valence-electron chi connectivity index (χ3n) is 3.77. The molecule has 0 saturated carbocycles. The van der Waals surface area contributed by atoms with E-state index in [-0.39, 0.29) is 24.1 Å². The molecular weight excluding hydrogens is 288 g/mol. The van der Waals surface area contributed by atoms with Crippen LogP contribution in [0.2, 0.25) is 0 Å². The molecule has 0 bridgehead atoms. The Morgan fingerprint density at radius 3 is 2.55 bits per heavy atom. The second kappa shape index (κ2) is 7.88. The zero-order chi connectivity index (χ0) is 16.1. The minimum atomic E-state index is -0.639. The van der Waals surface area contributed by atoms with Crippen LogP contribution in [0.5, 0.6) is 5.75 Å². The number of hydrogen-bond acceptors (Lipinski definition) is 3. The molecule has 1 aliphatic rings. The van der Waals surface area contributed by atoms with Crippen molar-refractivity contribution in [2.45, 2.75) is 64.9 Å². The van der Waals surface area contributed by atoms with Crippen LogP contribution in [0.15, 0.2) is 12.1 Å². The minimum Gasteiger partial charge on any atom is -0.487 e. The van der Waals surface area contributed by atoms with Crippen molar-refractivity contribution in [3.05, 3.63) is 29.3 Å². The zero-order valence-corrected chi connectivity index (χ0v) is 13.5. The second-order valence-corrected chi connectivity index (χ2v) is 6.02. The molecule has 3 nitrogen and oxygen atoms in total. The molecule has 5 heteroatoms. The maximum absolute atomic E-state index is 14.1. The Balaban J connectivity index is 2.14. The van der Waals surface area contributed by atoms with Gasteiger partial charge in [0.1, 0.15) is 11.9 Å². The number of hydrogen-bond donors (Lipinski definition) is 1. The molecule has 2 atom stereocenters. The van der Waals surface area contributed by atoms with Crippen molar-refractivity contribution < 1.29 is 18.3 Å². The van der Waals surface area contributed by atoms with Gasteiger partial charge in [-0.2, -0.15) is 0 Å². The Morgan fingerprint density at radius 2 is 1.91 bits per heavy atom. The molecule has 1 saturated heterocycles. The van der Waals surface area contributed by atoms with Crippen LogP contribution in [0.3, 0.4) is 0 Å². The maximum Gasteiger partial charge on any atom is 0.168 e. The number of nitrogens with one attached hydrogen (secondary N) is 1. The van der Waals surface area contributed by atoms with Gasteiger partial charge in [0, 0.05) is 31.0 Å². The Morgan fingerprint density at radius 1 is 1.23 bits per heavy atom. The molecule has 1 N–H and O–H groups in total. The Hall–Kier alpha value is -1.20. The van der Waals surface area contributed by atoms with Gasteiger partial charge in [-0.1, -0.05) is 6.92 Å². The molecule has 0 radical (unpaired) electrons. The summed E-state index contributed by atoms with van der Waals surface area (Å²) in [6.07, 6.45) is 2.44. The van der Waals surface area contributed by atoms with E-state index in [1.807, 2.05) is 20.8 Å². The predicted octanol–water partition coefficient (Wildman–Crippen LogP) is 3.80. The van der Waals surface area contributed by atoms with Crippen LogP contribution in [0, 0.1) is 11.6 Å². The van der Waals surface area contributed by atoms with Gasteiger partial charge in [0.2, 0.25) is 0 Å². The molecule has 1 aromatic rings. The Labute approximate surface area is 131 Å².